The fourth-order valence-electron chi connectivity index (χ4n) is 2.87. The van der Waals surface area contributed by atoms with Crippen LogP contribution in [0.3, 0.4) is 0 Å². The molecule has 1 fully saturated rings. The van der Waals surface area contributed by atoms with Gasteiger partial charge >= 0.3 is 5.97 Å². The number of aromatic carboxylic acids is 1. The Morgan fingerprint density at radius 3 is 2.62 bits per heavy atom. The molecule has 1 aromatic carbocycles. The quantitative estimate of drug-likeness (QED) is 0.664. The average molecular weight is 293 g/mol. The molecule has 1 aliphatic carbocycles. The zero-order chi connectivity index (χ0) is 15.5. The Bertz CT molecular complexity index is 592. The zero-order valence-electron chi connectivity index (χ0n) is 11.5. The van der Waals surface area contributed by atoms with Gasteiger partial charge in [0, 0.05) is 25.3 Å². The Morgan fingerprint density at radius 1 is 1.38 bits per heavy atom. The lowest BCUT2D eigenvalue weighted by Crippen LogP contribution is -2.24. The van der Waals surface area contributed by atoms with E-state index in [2.05, 4.69) is 12.0 Å². The number of rotatable bonds is 3. The third-order valence-electron chi connectivity index (χ3n) is 3.93. The lowest BCUT2D eigenvalue weighted by Gasteiger charge is -2.29. The number of nitrogens with two attached hydrogens (primary N) is 1. The van der Waals surface area contributed by atoms with Crippen molar-refractivity contribution < 1.29 is 18.7 Å². The van der Waals surface area contributed by atoms with Crippen LogP contribution in [0.15, 0.2) is 18.2 Å². The Morgan fingerprint density at radius 2 is 2.05 bits per heavy atom. The molecule has 0 bridgehead atoms. The summed E-state index contributed by atoms with van der Waals surface area (Å²) in [5.74, 6) is -1.16. The van der Waals surface area contributed by atoms with Crippen LogP contribution in [0, 0.1) is 12.0 Å². The molecule has 2 rings (SSSR count). The number of hydrogen-bond donors (Lipinski definition) is 2. The Hall–Kier alpha value is -2.09. The number of carboxylic acids is 1. The topological polar surface area (TPSA) is 63.3 Å². The molecule has 0 atom stereocenters. The molecule has 0 saturated heterocycles. The fourth-order valence-corrected chi connectivity index (χ4v) is 2.87. The van der Waals surface area contributed by atoms with E-state index < -0.39 is 11.9 Å². The van der Waals surface area contributed by atoms with Crippen molar-refractivity contribution >= 4 is 5.97 Å². The standard InChI is InChI=1S/C16H17F2NO2/c17-16(18)8-6-11(7-9-16)13-5-1-3-12(4-2-10-19)14(13)15(20)21/h1,3,5,11H,4,6-9,19H2,(H,20,21). The van der Waals surface area contributed by atoms with E-state index in [1.54, 1.807) is 18.2 Å². The van der Waals surface area contributed by atoms with Crippen LogP contribution in [-0.2, 0) is 6.42 Å². The van der Waals surface area contributed by atoms with Gasteiger partial charge in [-0.25, -0.2) is 13.6 Å². The molecule has 0 aromatic heterocycles. The second-order valence-corrected chi connectivity index (χ2v) is 5.31. The van der Waals surface area contributed by atoms with Gasteiger partial charge in [0.2, 0.25) is 5.92 Å². The van der Waals surface area contributed by atoms with Gasteiger partial charge in [-0.2, -0.15) is 0 Å². The number of carbonyl (C=O) groups is 1. The molecule has 112 valence electrons. The summed E-state index contributed by atoms with van der Waals surface area (Å²) in [5, 5.41) is 9.45. The van der Waals surface area contributed by atoms with Crippen molar-refractivity contribution in [3.05, 3.63) is 34.9 Å². The highest BCUT2D eigenvalue weighted by molar-refractivity contribution is 5.91. The van der Waals surface area contributed by atoms with Crippen LogP contribution in [0.5, 0.6) is 0 Å². The van der Waals surface area contributed by atoms with Crippen LogP contribution in [0.1, 0.15) is 53.1 Å². The van der Waals surface area contributed by atoms with E-state index in [0.717, 1.165) is 0 Å². The van der Waals surface area contributed by atoms with Gasteiger partial charge < -0.3 is 10.8 Å². The van der Waals surface area contributed by atoms with Crippen molar-refractivity contribution in [1.29, 1.82) is 0 Å². The fraction of sp³-hybridized carbons (Fsp3) is 0.438. The molecule has 3 nitrogen and oxygen atoms in total. The molecule has 1 saturated carbocycles. The van der Waals surface area contributed by atoms with E-state index in [-0.39, 0.29) is 30.7 Å². The maximum absolute atomic E-state index is 13.2. The van der Waals surface area contributed by atoms with Gasteiger partial charge in [-0.3, -0.25) is 0 Å². The normalized spacial score (nSPS) is 17.8. The molecule has 1 aliphatic rings. The summed E-state index contributed by atoms with van der Waals surface area (Å²) in [7, 11) is 0. The summed E-state index contributed by atoms with van der Waals surface area (Å²) in [6.45, 7) is 0. The van der Waals surface area contributed by atoms with Gasteiger partial charge in [0.25, 0.3) is 0 Å². The number of halogens is 2. The molecule has 0 aliphatic heterocycles. The Balaban J connectivity index is 2.34. The van der Waals surface area contributed by atoms with Crippen LogP contribution in [0.25, 0.3) is 0 Å². The first kappa shape index (κ1) is 15.3. The average Bonchev–Trinajstić information content (AvgIpc) is 2.44. The van der Waals surface area contributed by atoms with Gasteiger partial charge in [0.15, 0.2) is 0 Å². The van der Waals surface area contributed by atoms with E-state index in [0.29, 0.717) is 24.0 Å². The highest BCUT2D eigenvalue weighted by Crippen LogP contribution is 2.42. The summed E-state index contributed by atoms with van der Waals surface area (Å²) in [4.78, 5) is 11.5. The molecule has 5 heteroatoms. The monoisotopic (exact) mass is 293 g/mol. The van der Waals surface area contributed by atoms with Crippen molar-refractivity contribution in [2.45, 2.75) is 43.9 Å². The second kappa shape index (κ2) is 6.13. The summed E-state index contributed by atoms with van der Waals surface area (Å²) in [6, 6.07) is 7.41. The van der Waals surface area contributed by atoms with Crippen LogP contribution >= 0.6 is 0 Å². The van der Waals surface area contributed by atoms with Crippen molar-refractivity contribution in [2.24, 2.45) is 5.73 Å². The SMILES string of the molecule is NC#CCc1cccc(C2CCC(F)(F)CC2)c1C(=O)O. The van der Waals surface area contributed by atoms with Gasteiger partial charge in [-0.05, 0) is 29.9 Å². The first-order valence-corrected chi connectivity index (χ1v) is 6.86. The van der Waals surface area contributed by atoms with Gasteiger partial charge in [0.05, 0.1) is 5.56 Å². The largest absolute Gasteiger partial charge is 0.478 e. The molecule has 1 aromatic rings. The Labute approximate surface area is 122 Å². The molecule has 0 spiro atoms. The highest BCUT2D eigenvalue weighted by Gasteiger charge is 2.36. The molecule has 0 heterocycles. The van der Waals surface area contributed by atoms with Crippen LogP contribution < -0.4 is 5.73 Å². The predicted molar refractivity (Wildman–Crippen MR) is 75.2 cm³/mol. The van der Waals surface area contributed by atoms with E-state index >= 15 is 0 Å². The minimum absolute atomic E-state index is 0.137. The third-order valence-corrected chi connectivity index (χ3v) is 3.93. The highest BCUT2D eigenvalue weighted by atomic mass is 19.3. The minimum atomic E-state index is -2.62. The number of hydrogen-bond acceptors (Lipinski definition) is 2. The summed E-state index contributed by atoms with van der Waals surface area (Å²) < 4.78 is 26.5. The van der Waals surface area contributed by atoms with E-state index in [1.165, 1.54) is 0 Å². The number of benzene rings is 1. The third kappa shape index (κ3) is 3.52. The van der Waals surface area contributed by atoms with E-state index in [1.807, 2.05) is 0 Å². The molecule has 21 heavy (non-hydrogen) atoms. The maximum Gasteiger partial charge on any atom is 0.336 e. The molecule has 3 N–H and O–H groups in total. The van der Waals surface area contributed by atoms with E-state index in [4.69, 9.17) is 5.73 Å². The molecule has 0 radical (unpaired) electrons. The second-order valence-electron chi connectivity index (χ2n) is 5.31. The van der Waals surface area contributed by atoms with Crippen molar-refractivity contribution in [3.8, 4) is 12.0 Å². The van der Waals surface area contributed by atoms with Gasteiger partial charge in [-0.1, -0.05) is 24.1 Å². The molecule has 0 unspecified atom stereocenters. The van der Waals surface area contributed by atoms with Gasteiger partial charge in [0.1, 0.15) is 0 Å². The number of alkyl halides is 2. The summed E-state index contributed by atoms with van der Waals surface area (Å²) >= 11 is 0. The van der Waals surface area contributed by atoms with Gasteiger partial charge in [-0.15, -0.1) is 0 Å². The zero-order valence-corrected chi connectivity index (χ0v) is 11.5. The summed E-state index contributed by atoms with van der Waals surface area (Å²) in [6.07, 6.45) is 0.473. The van der Waals surface area contributed by atoms with Crippen molar-refractivity contribution in [1.82, 2.24) is 0 Å². The summed E-state index contributed by atoms with van der Waals surface area (Å²) in [5.41, 5.74) is 6.52. The minimum Gasteiger partial charge on any atom is -0.478 e. The van der Waals surface area contributed by atoms with Crippen molar-refractivity contribution in [2.75, 3.05) is 0 Å². The molecular weight excluding hydrogens is 276 g/mol. The predicted octanol–water partition coefficient (Wildman–Crippen LogP) is 3.14. The van der Waals surface area contributed by atoms with Crippen molar-refractivity contribution in [3.63, 3.8) is 0 Å². The lowest BCUT2D eigenvalue weighted by atomic mass is 9.79. The molecule has 0 amide bonds. The first-order valence-electron chi connectivity index (χ1n) is 6.86. The van der Waals surface area contributed by atoms with Crippen LogP contribution in [-0.4, -0.2) is 17.0 Å². The lowest BCUT2D eigenvalue weighted by molar-refractivity contribution is -0.0382. The first-order chi connectivity index (χ1) is 9.94. The molecular formula is C16H17F2NO2. The smallest absolute Gasteiger partial charge is 0.336 e. The van der Waals surface area contributed by atoms with E-state index in [9.17, 15) is 18.7 Å². The van der Waals surface area contributed by atoms with Crippen LogP contribution in [0.2, 0.25) is 0 Å². The number of carboxylic acid groups (broad SMARTS) is 1. The van der Waals surface area contributed by atoms with Crippen LogP contribution in [0.4, 0.5) is 8.78 Å². The maximum atomic E-state index is 13.2. The Kier molecular flexibility index (Phi) is 4.46.